The van der Waals surface area contributed by atoms with Gasteiger partial charge in [0.1, 0.15) is 17.3 Å². The van der Waals surface area contributed by atoms with Gasteiger partial charge in [-0.3, -0.25) is 5.32 Å². The summed E-state index contributed by atoms with van der Waals surface area (Å²) in [5.74, 6) is 0.440. The Bertz CT molecular complexity index is 802. The average molecular weight is 313 g/mol. The molecule has 1 amide bonds. The summed E-state index contributed by atoms with van der Waals surface area (Å²) in [5.41, 5.74) is 8.57. The second-order valence-electron chi connectivity index (χ2n) is 5.13. The summed E-state index contributed by atoms with van der Waals surface area (Å²) >= 11 is 0. The fourth-order valence-corrected chi connectivity index (χ4v) is 2.42. The number of amides is 1. The Balaban J connectivity index is 2.04. The number of aromatic nitrogens is 1. The lowest BCUT2D eigenvalue weighted by atomic mass is 10.0. The summed E-state index contributed by atoms with van der Waals surface area (Å²) in [6.45, 7) is 1.93. The van der Waals surface area contributed by atoms with Gasteiger partial charge in [-0.15, -0.1) is 0 Å². The molecule has 1 atom stereocenters. The standard InChI is InChI=1S/C15H15N5O3/c1-7-12(8-2-4-9(21)5-3-8)20-13-10(17-7)6-11(18-14(13)16)19-15(22)23/h2-7,17,21H,1H3,(H,22,23)(H3,16,18,19)/t7-/m0/s1. The van der Waals surface area contributed by atoms with Gasteiger partial charge in [0.15, 0.2) is 5.82 Å². The molecule has 0 saturated heterocycles. The third-order valence-corrected chi connectivity index (χ3v) is 3.43. The number of anilines is 3. The lowest BCUT2D eigenvalue weighted by molar-refractivity contribution is 0.209. The maximum Gasteiger partial charge on any atom is 0.410 e. The molecule has 1 aromatic carbocycles. The zero-order valence-corrected chi connectivity index (χ0v) is 12.2. The van der Waals surface area contributed by atoms with Crippen LogP contribution in [0, 0.1) is 0 Å². The number of rotatable bonds is 2. The van der Waals surface area contributed by atoms with Crippen LogP contribution in [0.5, 0.6) is 5.75 Å². The van der Waals surface area contributed by atoms with Crippen molar-refractivity contribution in [3.8, 4) is 5.75 Å². The van der Waals surface area contributed by atoms with Crippen molar-refractivity contribution in [3.63, 3.8) is 0 Å². The Labute approximate surface area is 131 Å². The molecule has 6 N–H and O–H groups in total. The lowest BCUT2D eigenvalue weighted by Gasteiger charge is -2.25. The van der Waals surface area contributed by atoms with E-state index in [0.717, 1.165) is 11.3 Å². The van der Waals surface area contributed by atoms with E-state index in [1.807, 2.05) is 6.92 Å². The fraction of sp³-hybridized carbons (Fsp3) is 0.133. The summed E-state index contributed by atoms with van der Waals surface area (Å²) in [7, 11) is 0. The van der Waals surface area contributed by atoms with Crippen molar-refractivity contribution in [2.45, 2.75) is 13.0 Å². The Morgan fingerprint density at radius 3 is 2.70 bits per heavy atom. The topological polar surface area (TPSA) is 133 Å². The van der Waals surface area contributed by atoms with Gasteiger partial charge in [0.25, 0.3) is 0 Å². The van der Waals surface area contributed by atoms with Crippen molar-refractivity contribution < 1.29 is 15.0 Å². The number of nitrogen functional groups attached to an aromatic ring is 1. The van der Waals surface area contributed by atoms with Gasteiger partial charge in [-0.05, 0) is 36.8 Å². The molecule has 8 heteroatoms. The van der Waals surface area contributed by atoms with E-state index in [0.29, 0.717) is 11.4 Å². The van der Waals surface area contributed by atoms with Gasteiger partial charge in [0.2, 0.25) is 0 Å². The van der Waals surface area contributed by atoms with Crippen molar-refractivity contribution in [1.82, 2.24) is 4.98 Å². The van der Waals surface area contributed by atoms with Crippen LogP contribution < -0.4 is 16.4 Å². The third kappa shape index (κ3) is 2.86. The van der Waals surface area contributed by atoms with Crippen LogP contribution in [0.4, 0.5) is 27.8 Å². The minimum Gasteiger partial charge on any atom is -0.508 e. The summed E-state index contributed by atoms with van der Waals surface area (Å²) in [6, 6.07) is 8.13. The van der Waals surface area contributed by atoms with E-state index in [2.05, 4.69) is 20.6 Å². The molecule has 118 valence electrons. The van der Waals surface area contributed by atoms with E-state index in [1.54, 1.807) is 30.3 Å². The molecule has 3 rings (SSSR count). The molecule has 0 aliphatic carbocycles. The van der Waals surface area contributed by atoms with Gasteiger partial charge < -0.3 is 21.3 Å². The molecule has 1 aliphatic heterocycles. The SMILES string of the molecule is C[C@@H]1Nc2cc(NC(=O)O)nc(N)c2N=C1c1ccc(O)cc1. The first-order valence-electron chi connectivity index (χ1n) is 6.89. The lowest BCUT2D eigenvalue weighted by Crippen LogP contribution is -2.30. The number of hydrogen-bond donors (Lipinski definition) is 5. The molecule has 0 spiro atoms. The van der Waals surface area contributed by atoms with E-state index in [-0.39, 0.29) is 23.4 Å². The van der Waals surface area contributed by atoms with E-state index >= 15 is 0 Å². The number of nitrogens with two attached hydrogens (primary N) is 1. The number of carbonyl (C=O) groups is 1. The maximum atomic E-state index is 10.7. The molecule has 8 nitrogen and oxygen atoms in total. The minimum absolute atomic E-state index is 0.119. The number of phenolic OH excluding ortho intramolecular Hbond substituents is 1. The van der Waals surface area contributed by atoms with Gasteiger partial charge in [-0.1, -0.05) is 0 Å². The number of benzene rings is 1. The van der Waals surface area contributed by atoms with Crippen molar-refractivity contribution in [1.29, 1.82) is 0 Å². The molecule has 23 heavy (non-hydrogen) atoms. The largest absolute Gasteiger partial charge is 0.508 e. The number of nitrogens with one attached hydrogen (secondary N) is 2. The Morgan fingerprint density at radius 2 is 2.04 bits per heavy atom. The monoisotopic (exact) mass is 313 g/mol. The normalized spacial score (nSPS) is 16.0. The van der Waals surface area contributed by atoms with Gasteiger partial charge >= 0.3 is 6.09 Å². The number of pyridine rings is 1. The molecule has 1 aromatic heterocycles. The van der Waals surface area contributed by atoms with Crippen LogP contribution in [0.15, 0.2) is 35.3 Å². The maximum absolute atomic E-state index is 10.7. The van der Waals surface area contributed by atoms with E-state index in [9.17, 15) is 9.90 Å². The smallest absolute Gasteiger partial charge is 0.410 e. The highest BCUT2D eigenvalue weighted by molar-refractivity contribution is 6.10. The number of aromatic hydroxyl groups is 1. The van der Waals surface area contributed by atoms with Crippen LogP contribution in [-0.2, 0) is 0 Å². The van der Waals surface area contributed by atoms with E-state index in [1.165, 1.54) is 0 Å². The zero-order valence-electron chi connectivity index (χ0n) is 12.2. The van der Waals surface area contributed by atoms with Crippen molar-refractivity contribution in [3.05, 3.63) is 35.9 Å². The number of nitrogens with zero attached hydrogens (tertiary/aromatic N) is 2. The molecule has 0 unspecified atom stereocenters. The van der Waals surface area contributed by atoms with E-state index < -0.39 is 6.09 Å². The number of hydrogen-bond acceptors (Lipinski definition) is 6. The Kier molecular flexibility index (Phi) is 3.49. The van der Waals surface area contributed by atoms with Gasteiger partial charge in [0, 0.05) is 6.07 Å². The number of phenols is 1. The van der Waals surface area contributed by atoms with Gasteiger partial charge in [0.05, 0.1) is 17.4 Å². The minimum atomic E-state index is -1.21. The predicted molar refractivity (Wildman–Crippen MR) is 87.7 cm³/mol. The fourth-order valence-electron chi connectivity index (χ4n) is 2.42. The first-order valence-corrected chi connectivity index (χ1v) is 6.89. The molecule has 0 bridgehead atoms. The molecule has 0 radical (unpaired) electrons. The summed E-state index contributed by atoms with van der Waals surface area (Å²) in [4.78, 5) is 19.3. The zero-order chi connectivity index (χ0) is 16.6. The third-order valence-electron chi connectivity index (χ3n) is 3.43. The highest BCUT2D eigenvalue weighted by atomic mass is 16.4. The van der Waals surface area contributed by atoms with Crippen LogP contribution in [-0.4, -0.2) is 33.0 Å². The summed E-state index contributed by atoms with van der Waals surface area (Å²) < 4.78 is 0. The number of carboxylic acid groups (broad SMARTS) is 1. The highest BCUT2D eigenvalue weighted by Crippen LogP contribution is 2.37. The van der Waals surface area contributed by atoms with Gasteiger partial charge in [-0.25, -0.2) is 14.8 Å². The Morgan fingerprint density at radius 1 is 1.35 bits per heavy atom. The second-order valence-corrected chi connectivity index (χ2v) is 5.13. The van der Waals surface area contributed by atoms with Crippen LogP contribution in [0.25, 0.3) is 0 Å². The molecular formula is C15H15N5O3. The number of aliphatic imine (C=N–C) groups is 1. The van der Waals surface area contributed by atoms with Crippen molar-refractivity contribution in [2.24, 2.45) is 4.99 Å². The molecular weight excluding hydrogens is 298 g/mol. The van der Waals surface area contributed by atoms with Crippen LogP contribution in [0.2, 0.25) is 0 Å². The number of fused-ring (bicyclic) bond motifs is 1. The van der Waals surface area contributed by atoms with Crippen LogP contribution in [0.3, 0.4) is 0 Å². The predicted octanol–water partition coefficient (Wildman–Crippen LogP) is 2.39. The average Bonchev–Trinajstić information content (AvgIpc) is 2.47. The first-order chi connectivity index (χ1) is 10.9. The van der Waals surface area contributed by atoms with Crippen LogP contribution in [0.1, 0.15) is 12.5 Å². The van der Waals surface area contributed by atoms with Crippen molar-refractivity contribution in [2.75, 3.05) is 16.4 Å². The highest BCUT2D eigenvalue weighted by Gasteiger charge is 2.23. The van der Waals surface area contributed by atoms with Gasteiger partial charge in [-0.2, -0.15) is 0 Å². The molecule has 1 aliphatic rings. The summed E-state index contributed by atoms with van der Waals surface area (Å²) in [5, 5.41) is 23.6. The molecule has 2 aromatic rings. The molecule has 0 fully saturated rings. The van der Waals surface area contributed by atoms with Crippen LogP contribution >= 0.6 is 0 Å². The second kappa shape index (κ2) is 5.48. The molecule has 0 saturated carbocycles. The quantitative estimate of drug-likeness (QED) is 0.578. The molecule has 2 heterocycles. The Hall–Kier alpha value is -3.29. The summed E-state index contributed by atoms with van der Waals surface area (Å²) in [6.07, 6.45) is -1.21. The first kappa shape index (κ1) is 14.6. The van der Waals surface area contributed by atoms with Crippen molar-refractivity contribution >= 4 is 34.8 Å². The van der Waals surface area contributed by atoms with E-state index in [4.69, 9.17) is 10.8 Å².